The second-order valence-corrected chi connectivity index (χ2v) is 6.32. The summed E-state index contributed by atoms with van der Waals surface area (Å²) in [5.41, 5.74) is 1.31. The molecule has 6 nitrogen and oxygen atoms in total. The average molecular weight is 341 g/mol. The summed E-state index contributed by atoms with van der Waals surface area (Å²) in [7, 11) is 3.32. The van der Waals surface area contributed by atoms with Crippen molar-refractivity contribution in [1.82, 2.24) is 9.88 Å². The van der Waals surface area contributed by atoms with E-state index in [1.54, 1.807) is 26.4 Å². The molecule has 1 aliphatic rings. The number of benzene rings is 1. The van der Waals surface area contributed by atoms with E-state index in [4.69, 9.17) is 4.74 Å². The van der Waals surface area contributed by atoms with Gasteiger partial charge in [-0.1, -0.05) is 6.07 Å². The van der Waals surface area contributed by atoms with Crippen molar-refractivity contribution in [3.8, 4) is 5.75 Å². The lowest BCUT2D eigenvalue weighted by molar-refractivity contribution is 0.0933. The highest BCUT2D eigenvalue weighted by Gasteiger charge is 2.22. The molecule has 1 N–H and O–H groups in total. The van der Waals surface area contributed by atoms with Crippen molar-refractivity contribution in [1.29, 1.82) is 0 Å². The first-order valence-corrected chi connectivity index (χ1v) is 8.43. The minimum absolute atomic E-state index is 0.0523. The second-order valence-electron chi connectivity index (χ2n) is 6.32. The molecule has 25 heavy (non-hydrogen) atoms. The van der Waals surface area contributed by atoms with Gasteiger partial charge >= 0.3 is 0 Å². The number of methoxy groups -OCH3 is 1. The lowest BCUT2D eigenvalue weighted by Crippen LogP contribution is -2.48. The molecule has 1 aliphatic heterocycles. The number of pyridine rings is 1. The lowest BCUT2D eigenvalue weighted by Gasteiger charge is -2.35. The summed E-state index contributed by atoms with van der Waals surface area (Å²) < 4.78 is 6.73. The van der Waals surface area contributed by atoms with Gasteiger partial charge < -0.3 is 19.5 Å². The van der Waals surface area contributed by atoms with Crippen LogP contribution in [0, 0.1) is 0 Å². The Hall–Kier alpha value is -2.76. The monoisotopic (exact) mass is 341 g/mol. The Morgan fingerprint density at radius 1 is 1.28 bits per heavy atom. The first kappa shape index (κ1) is 17.1. The van der Waals surface area contributed by atoms with Gasteiger partial charge in [0.25, 0.3) is 11.5 Å². The van der Waals surface area contributed by atoms with Crippen LogP contribution in [0.3, 0.4) is 0 Å². The fourth-order valence-electron chi connectivity index (χ4n) is 3.10. The smallest absolute Gasteiger partial charge is 0.251 e. The van der Waals surface area contributed by atoms with Gasteiger partial charge in [-0.15, -0.1) is 0 Å². The van der Waals surface area contributed by atoms with Crippen molar-refractivity contribution in [2.24, 2.45) is 7.05 Å². The van der Waals surface area contributed by atoms with Crippen LogP contribution in [0.15, 0.2) is 47.4 Å². The van der Waals surface area contributed by atoms with E-state index in [9.17, 15) is 9.59 Å². The Morgan fingerprint density at radius 3 is 2.88 bits per heavy atom. The summed E-state index contributed by atoms with van der Waals surface area (Å²) in [6, 6.07) is 11.0. The van der Waals surface area contributed by atoms with Gasteiger partial charge in [0.2, 0.25) is 0 Å². The number of aryl methyl sites for hydroxylation is 1. The van der Waals surface area contributed by atoms with Gasteiger partial charge in [-0.05, 0) is 31.0 Å². The first-order chi connectivity index (χ1) is 12.1. The summed E-state index contributed by atoms with van der Waals surface area (Å²) >= 11 is 0. The molecule has 6 heteroatoms. The van der Waals surface area contributed by atoms with Crippen molar-refractivity contribution in [2.45, 2.75) is 18.9 Å². The fourth-order valence-corrected chi connectivity index (χ4v) is 3.10. The first-order valence-electron chi connectivity index (χ1n) is 8.43. The van der Waals surface area contributed by atoms with E-state index in [0.717, 1.165) is 37.4 Å². The summed E-state index contributed by atoms with van der Waals surface area (Å²) in [6.45, 7) is 1.69. The number of hydrogen-bond donors (Lipinski definition) is 1. The van der Waals surface area contributed by atoms with E-state index in [-0.39, 0.29) is 17.5 Å². The number of ether oxygens (including phenoxy) is 1. The number of carbonyl (C=O) groups excluding carboxylic acids is 1. The van der Waals surface area contributed by atoms with E-state index in [1.807, 2.05) is 24.3 Å². The number of hydrogen-bond acceptors (Lipinski definition) is 4. The van der Waals surface area contributed by atoms with Crippen LogP contribution in [-0.4, -0.2) is 36.7 Å². The molecule has 0 saturated carbocycles. The molecule has 0 bridgehead atoms. The van der Waals surface area contributed by atoms with E-state index < -0.39 is 0 Å². The highest BCUT2D eigenvalue weighted by molar-refractivity contribution is 5.94. The molecule has 3 rings (SSSR count). The van der Waals surface area contributed by atoms with Crippen molar-refractivity contribution in [2.75, 3.05) is 25.1 Å². The molecule has 1 atom stereocenters. The van der Waals surface area contributed by atoms with E-state index in [1.165, 1.54) is 10.6 Å². The maximum Gasteiger partial charge on any atom is 0.251 e. The highest BCUT2D eigenvalue weighted by atomic mass is 16.5. The van der Waals surface area contributed by atoms with Gasteiger partial charge in [0.15, 0.2) is 0 Å². The van der Waals surface area contributed by atoms with Gasteiger partial charge in [-0.2, -0.15) is 0 Å². The van der Waals surface area contributed by atoms with Crippen LogP contribution in [-0.2, 0) is 7.05 Å². The predicted octanol–water partition coefficient (Wildman–Crippen LogP) is 1.79. The van der Waals surface area contributed by atoms with Crippen LogP contribution >= 0.6 is 0 Å². The maximum atomic E-state index is 12.4. The molecule has 1 aromatic carbocycles. The van der Waals surface area contributed by atoms with Crippen LogP contribution in [0.2, 0.25) is 0 Å². The predicted molar refractivity (Wildman–Crippen MR) is 97.4 cm³/mol. The average Bonchev–Trinajstić information content (AvgIpc) is 2.64. The summed E-state index contributed by atoms with van der Waals surface area (Å²) in [4.78, 5) is 26.4. The Kier molecular flexibility index (Phi) is 5.07. The van der Waals surface area contributed by atoms with Gasteiger partial charge in [0.1, 0.15) is 5.75 Å². The number of rotatable bonds is 4. The summed E-state index contributed by atoms with van der Waals surface area (Å²) in [6.07, 6.45) is 3.54. The molecule has 2 aromatic rings. The van der Waals surface area contributed by atoms with Crippen LogP contribution in [0.5, 0.6) is 5.75 Å². The van der Waals surface area contributed by atoms with Crippen molar-refractivity contribution < 1.29 is 9.53 Å². The molecule has 1 fully saturated rings. The normalized spacial score (nSPS) is 17.2. The largest absolute Gasteiger partial charge is 0.497 e. The SMILES string of the molecule is COc1cccc(N2CCC[C@H](NC(=O)c3ccn(C)c(=O)c3)C2)c1. The Balaban J connectivity index is 1.67. The molecule has 0 unspecified atom stereocenters. The molecule has 0 radical (unpaired) electrons. The molecular formula is C19H23N3O3. The van der Waals surface area contributed by atoms with Crippen molar-refractivity contribution in [3.63, 3.8) is 0 Å². The van der Waals surface area contributed by atoms with E-state index >= 15 is 0 Å². The van der Waals surface area contributed by atoms with Crippen LogP contribution in [0.25, 0.3) is 0 Å². The Bertz CT molecular complexity index is 816. The lowest BCUT2D eigenvalue weighted by atomic mass is 10.0. The highest BCUT2D eigenvalue weighted by Crippen LogP contribution is 2.24. The number of carbonyl (C=O) groups is 1. The third-order valence-corrected chi connectivity index (χ3v) is 4.54. The van der Waals surface area contributed by atoms with Gasteiger partial charge in [0, 0.05) is 55.8 Å². The molecular weight excluding hydrogens is 318 g/mol. The molecule has 1 saturated heterocycles. The molecule has 0 spiro atoms. The second kappa shape index (κ2) is 7.42. The summed E-state index contributed by atoms with van der Waals surface area (Å²) in [5, 5.41) is 3.05. The third kappa shape index (κ3) is 4.02. The topological polar surface area (TPSA) is 63.6 Å². The molecule has 1 amide bonds. The number of aromatic nitrogens is 1. The minimum Gasteiger partial charge on any atom is -0.497 e. The van der Waals surface area contributed by atoms with Gasteiger partial charge in [-0.3, -0.25) is 9.59 Å². The quantitative estimate of drug-likeness (QED) is 0.921. The van der Waals surface area contributed by atoms with Crippen molar-refractivity contribution >= 4 is 11.6 Å². The standard InChI is InChI=1S/C19H23N3O3/c1-21-10-8-14(11-18(21)23)19(24)20-15-5-4-9-22(13-15)16-6-3-7-17(12-16)25-2/h3,6-8,10-12,15H,4-5,9,13H2,1-2H3,(H,20,24)/t15-/m0/s1. The fraction of sp³-hybridized carbons (Fsp3) is 0.368. The van der Waals surface area contributed by atoms with Crippen LogP contribution < -0.4 is 20.5 Å². The summed E-state index contributed by atoms with van der Waals surface area (Å²) in [5.74, 6) is 0.624. The molecule has 1 aromatic heterocycles. The van der Waals surface area contributed by atoms with Gasteiger partial charge in [-0.25, -0.2) is 0 Å². The number of piperidine rings is 1. The van der Waals surface area contributed by atoms with Gasteiger partial charge in [0.05, 0.1) is 7.11 Å². The number of amides is 1. The Labute approximate surface area is 147 Å². The number of nitrogens with one attached hydrogen (secondary N) is 1. The van der Waals surface area contributed by atoms with Crippen molar-refractivity contribution in [3.05, 3.63) is 58.5 Å². The van der Waals surface area contributed by atoms with Crippen LogP contribution in [0.4, 0.5) is 5.69 Å². The molecule has 132 valence electrons. The van der Waals surface area contributed by atoms with E-state index in [2.05, 4.69) is 10.2 Å². The molecule has 0 aliphatic carbocycles. The number of anilines is 1. The zero-order valence-electron chi connectivity index (χ0n) is 14.6. The zero-order chi connectivity index (χ0) is 17.8. The van der Waals surface area contributed by atoms with Crippen LogP contribution in [0.1, 0.15) is 23.2 Å². The Morgan fingerprint density at radius 2 is 2.12 bits per heavy atom. The van der Waals surface area contributed by atoms with E-state index in [0.29, 0.717) is 5.56 Å². The molecule has 2 heterocycles. The third-order valence-electron chi connectivity index (χ3n) is 4.54. The maximum absolute atomic E-state index is 12.4. The number of nitrogens with zero attached hydrogens (tertiary/aromatic N) is 2. The zero-order valence-corrected chi connectivity index (χ0v) is 14.6. The minimum atomic E-state index is -0.199.